The number of carbonyl (C=O) groups excluding carboxylic acids is 1. The van der Waals surface area contributed by atoms with Crippen LogP contribution in [0.1, 0.15) is 30.9 Å². The Bertz CT molecular complexity index is 643. The summed E-state index contributed by atoms with van der Waals surface area (Å²) in [5.41, 5.74) is 1.23. The van der Waals surface area contributed by atoms with Gasteiger partial charge in [0.1, 0.15) is 5.75 Å². The first-order valence-electron chi connectivity index (χ1n) is 9.95. The van der Waals surface area contributed by atoms with Gasteiger partial charge in [-0.2, -0.15) is 0 Å². The van der Waals surface area contributed by atoms with E-state index in [1.807, 2.05) is 19.2 Å². The molecule has 29 heavy (non-hydrogen) atoms. The monoisotopic (exact) mass is 517 g/mol. The van der Waals surface area contributed by atoms with Crippen molar-refractivity contribution in [3.8, 4) is 5.75 Å². The number of aliphatic imine (C=N–C) groups is 1. The van der Waals surface area contributed by atoms with Gasteiger partial charge in [-0.3, -0.25) is 9.79 Å². The quantitative estimate of drug-likeness (QED) is 0.330. The van der Waals surface area contributed by atoms with Gasteiger partial charge in [0, 0.05) is 40.2 Å². The van der Waals surface area contributed by atoms with E-state index in [4.69, 9.17) is 4.74 Å². The summed E-state index contributed by atoms with van der Waals surface area (Å²) in [5, 5.41) is 6.26. The zero-order valence-corrected chi connectivity index (χ0v) is 20.6. The Kier molecular flexibility index (Phi) is 11.3. The lowest BCUT2D eigenvalue weighted by Gasteiger charge is -2.35. The number of benzene rings is 1. The van der Waals surface area contributed by atoms with E-state index in [0.29, 0.717) is 12.3 Å². The van der Waals surface area contributed by atoms with E-state index < -0.39 is 0 Å². The number of guanidine groups is 1. The second-order valence-electron chi connectivity index (χ2n) is 7.49. The van der Waals surface area contributed by atoms with Crippen LogP contribution in [0, 0.1) is 5.92 Å². The van der Waals surface area contributed by atoms with E-state index >= 15 is 0 Å². The molecule has 1 saturated heterocycles. The number of likely N-dealkylation sites (N-methyl/N-ethyl adjacent to an activating group) is 1. The Morgan fingerprint density at radius 3 is 2.38 bits per heavy atom. The lowest BCUT2D eigenvalue weighted by atomic mass is 9.93. The highest BCUT2D eigenvalue weighted by atomic mass is 127. The number of likely N-dealkylation sites (tertiary alicyclic amines) is 1. The first-order valence-corrected chi connectivity index (χ1v) is 9.95. The summed E-state index contributed by atoms with van der Waals surface area (Å²) >= 11 is 0. The molecular weight excluding hydrogens is 481 g/mol. The number of rotatable bonds is 7. The predicted octanol–water partition coefficient (Wildman–Crippen LogP) is 2.34. The third kappa shape index (κ3) is 7.65. The molecule has 1 unspecified atom stereocenters. The van der Waals surface area contributed by atoms with Gasteiger partial charge in [0.2, 0.25) is 5.91 Å². The van der Waals surface area contributed by atoms with Crippen LogP contribution in [0.3, 0.4) is 0 Å². The maximum atomic E-state index is 11.6. The molecule has 2 rings (SSSR count). The Morgan fingerprint density at radius 2 is 1.90 bits per heavy atom. The van der Waals surface area contributed by atoms with Gasteiger partial charge >= 0.3 is 0 Å². The number of carbonyl (C=O) groups is 1. The van der Waals surface area contributed by atoms with Crippen molar-refractivity contribution in [3.63, 3.8) is 0 Å². The minimum absolute atomic E-state index is 0. The predicted molar refractivity (Wildman–Crippen MR) is 129 cm³/mol. The minimum Gasteiger partial charge on any atom is -0.497 e. The molecular formula is C21H36IN5O2. The largest absolute Gasteiger partial charge is 0.497 e. The zero-order chi connectivity index (χ0) is 20.5. The zero-order valence-electron chi connectivity index (χ0n) is 18.3. The summed E-state index contributed by atoms with van der Waals surface area (Å²) in [6.07, 6.45) is 2.66. The van der Waals surface area contributed by atoms with E-state index in [9.17, 15) is 4.79 Å². The molecule has 0 aliphatic carbocycles. The molecule has 164 valence electrons. The highest BCUT2D eigenvalue weighted by molar-refractivity contribution is 14.0. The number of hydrogen-bond acceptors (Lipinski definition) is 4. The van der Waals surface area contributed by atoms with Crippen LogP contribution >= 0.6 is 24.0 Å². The molecule has 1 heterocycles. The van der Waals surface area contributed by atoms with Crippen LogP contribution in [0.25, 0.3) is 0 Å². The Morgan fingerprint density at radius 1 is 1.28 bits per heavy atom. The lowest BCUT2D eigenvalue weighted by Crippen LogP contribution is -2.47. The number of nitrogens with zero attached hydrogens (tertiary/aromatic N) is 3. The van der Waals surface area contributed by atoms with Crippen molar-refractivity contribution in [3.05, 3.63) is 29.8 Å². The highest BCUT2D eigenvalue weighted by Crippen LogP contribution is 2.22. The molecule has 0 bridgehead atoms. The summed E-state index contributed by atoms with van der Waals surface area (Å²) in [7, 11) is 9.39. The fourth-order valence-electron chi connectivity index (χ4n) is 3.66. The van der Waals surface area contributed by atoms with Crippen molar-refractivity contribution in [1.29, 1.82) is 0 Å². The van der Waals surface area contributed by atoms with Crippen molar-refractivity contribution < 1.29 is 9.53 Å². The molecule has 1 atom stereocenters. The fourth-order valence-corrected chi connectivity index (χ4v) is 3.66. The number of methoxy groups -OCH3 is 1. The summed E-state index contributed by atoms with van der Waals surface area (Å²) < 4.78 is 5.26. The van der Waals surface area contributed by atoms with Crippen LogP contribution in [0.4, 0.5) is 0 Å². The van der Waals surface area contributed by atoms with Crippen LogP contribution < -0.4 is 15.4 Å². The Balaban J connectivity index is 0.00000420. The van der Waals surface area contributed by atoms with Crippen molar-refractivity contribution in [1.82, 2.24) is 20.4 Å². The molecule has 2 N–H and O–H groups in total. The molecule has 1 fully saturated rings. The molecule has 0 spiro atoms. The number of ether oxygens (including phenoxy) is 1. The number of halogens is 1. The summed E-state index contributed by atoms with van der Waals surface area (Å²) in [6, 6.07) is 8.44. The average Bonchev–Trinajstić information content (AvgIpc) is 2.72. The van der Waals surface area contributed by atoms with Gasteiger partial charge in [0.25, 0.3) is 0 Å². The van der Waals surface area contributed by atoms with Gasteiger partial charge in [-0.15, -0.1) is 24.0 Å². The van der Waals surface area contributed by atoms with Crippen molar-refractivity contribution in [2.75, 3.05) is 54.9 Å². The number of nitrogens with one attached hydrogen (secondary N) is 2. The van der Waals surface area contributed by atoms with Gasteiger partial charge in [0.05, 0.1) is 13.2 Å². The van der Waals surface area contributed by atoms with Gasteiger partial charge in [-0.25, -0.2) is 0 Å². The van der Waals surface area contributed by atoms with Crippen molar-refractivity contribution in [2.45, 2.75) is 25.3 Å². The van der Waals surface area contributed by atoms with Crippen LogP contribution in [0.5, 0.6) is 5.75 Å². The third-order valence-corrected chi connectivity index (χ3v) is 5.46. The fraction of sp³-hybridized carbons (Fsp3) is 0.619. The van der Waals surface area contributed by atoms with Gasteiger partial charge in [-0.05, 0) is 50.6 Å². The maximum Gasteiger partial charge on any atom is 0.220 e. The highest BCUT2D eigenvalue weighted by Gasteiger charge is 2.24. The average molecular weight is 517 g/mol. The van der Waals surface area contributed by atoms with Crippen LogP contribution in [0.2, 0.25) is 0 Å². The number of hydrogen-bond donors (Lipinski definition) is 2. The molecule has 1 aliphatic heterocycles. The molecule has 8 heteroatoms. The topological polar surface area (TPSA) is 69.2 Å². The lowest BCUT2D eigenvalue weighted by molar-refractivity contribution is -0.121. The molecule has 7 nitrogen and oxygen atoms in total. The smallest absolute Gasteiger partial charge is 0.220 e. The molecule has 1 aromatic carbocycles. The Labute approximate surface area is 192 Å². The standard InChI is InChI=1S/C21H35N5O2.HI/c1-22-20(27)14-16-10-12-26(13-11-16)21(23-2)24-15-19(25(3)4)17-6-8-18(28-5)9-7-17;/h6-9,16,19H,10-15H2,1-5H3,(H,22,27)(H,23,24);1H. The maximum absolute atomic E-state index is 11.6. The van der Waals surface area contributed by atoms with Crippen LogP contribution in [0.15, 0.2) is 29.3 Å². The van der Waals surface area contributed by atoms with Crippen LogP contribution in [-0.2, 0) is 4.79 Å². The second kappa shape index (κ2) is 12.9. The summed E-state index contributed by atoms with van der Waals surface area (Å²) in [6.45, 7) is 2.62. The van der Waals surface area contributed by atoms with E-state index in [2.05, 4.69) is 51.7 Å². The van der Waals surface area contributed by atoms with Crippen molar-refractivity contribution >= 4 is 35.8 Å². The van der Waals surface area contributed by atoms with Gasteiger partial charge in [0.15, 0.2) is 5.96 Å². The molecule has 1 amide bonds. The Hall–Kier alpha value is -1.55. The first kappa shape index (κ1) is 25.5. The van der Waals surface area contributed by atoms with Gasteiger partial charge < -0.3 is 25.2 Å². The molecule has 0 aromatic heterocycles. The summed E-state index contributed by atoms with van der Waals surface area (Å²) in [4.78, 5) is 20.6. The summed E-state index contributed by atoms with van der Waals surface area (Å²) in [5.74, 6) is 2.39. The first-order chi connectivity index (χ1) is 13.5. The van der Waals surface area contributed by atoms with E-state index in [-0.39, 0.29) is 35.9 Å². The minimum atomic E-state index is 0. The van der Waals surface area contributed by atoms with Crippen molar-refractivity contribution in [2.24, 2.45) is 10.9 Å². The van der Waals surface area contributed by atoms with Gasteiger partial charge in [-0.1, -0.05) is 12.1 Å². The normalized spacial score (nSPS) is 16.2. The molecule has 1 aromatic rings. The van der Waals surface area contributed by atoms with Crippen LogP contribution in [-0.4, -0.2) is 76.6 Å². The third-order valence-electron chi connectivity index (χ3n) is 5.46. The van der Waals surface area contributed by atoms with E-state index in [1.54, 1.807) is 14.2 Å². The second-order valence-corrected chi connectivity index (χ2v) is 7.49. The molecule has 0 radical (unpaired) electrons. The van der Waals surface area contributed by atoms with E-state index in [0.717, 1.165) is 44.2 Å². The number of amides is 1. The molecule has 0 saturated carbocycles. The van der Waals surface area contributed by atoms with E-state index in [1.165, 1.54) is 5.56 Å². The number of piperidine rings is 1. The molecule has 1 aliphatic rings. The SMILES string of the molecule is CN=C(NCC(c1ccc(OC)cc1)N(C)C)N1CCC(CC(=O)NC)CC1.I.